The van der Waals surface area contributed by atoms with E-state index in [1.807, 2.05) is 0 Å². The van der Waals surface area contributed by atoms with Gasteiger partial charge in [0.15, 0.2) is 6.29 Å². The molecule has 0 fully saturated rings. The molecule has 0 radical (unpaired) electrons. The molecule has 0 spiro atoms. The molecule has 3 atom stereocenters. The topological polar surface area (TPSA) is 63.2 Å². The quantitative estimate of drug-likeness (QED) is 0.281. The number of carbonyl (C=O) groups is 1. The van der Waals surface area contributed by atoms with Crippen molar-refractivity contribution >= 4 is 34.3 Å². The van der Waals surface area contributed by atoms with Crippen LogP contribution in [-0.2, 0) is 28.5 Å². The summed E-state index contributed by atoms with van der Waals surface area (Å²) in [6.07, 6.45) is -8.66. The summed E-state index contributed by atoms with van der Waals surface area (Å²) in [7, 11) is 1.40. The lowest BCUT2D eigenvalue weighted by molar-refractivity contribution is -0.232. The summed E-state index contributed by atoms with van der Waals surface area (Å²) < 4.78 is 64.5. The molecule has 0 aromatic rings. The Kier molecular flexibility index (Phi) is 15.3. The highest BCUT2D eigenvalue weighted by Crippen LogP contribution is 2.31. The number of carbonyl (C=O) groups excluding carboxylic acids is 1. The molecule has 0 aliphatic carbocycles. The second-order valence-corrected chi connectivity index (χ2v) is 6.34. The summed E-state index contributed by atoms with van der Waals surface area (Å²) in [4.78, 5) is 11.0. The molecule has 0 bridgehead atoms. The van der Waals surface area contributed by atoms with Gasteiger partial charge in [-0.2, -0.15) is 13.2 Å². The smallest absolute Gasteiger partial charge is 0.425 e. The molecular weight excluding hydrogens is 397 g/mol. The fraction of sp³-hybridized carbons (Fsp3) is 0.867. The van der Waals surface area contributed by atoms with Crippen molar-refractivity contribution in [2.45, 2.75) is 58.6 Å². The molecule has 0 aromatic heterocycles. The van der Waals surface area contributed by atoms with Crippen LogP contribution in [0.25, 0.3) is 0 Å². The number of hydrogen-bond donors (Lipinski definition) is 0. The van der Waals surface area contributed by atoms with E-state index in [0.717, 1.165) is 18.7 Å². The van der Waals surface area contributed by atoms with Crippen molar-refractivity contribution in [3.8, 4) is 0 Å². The van der Waals surface area contributed by atoms with Crippen molar-refractivity contribution in [3.05, 3.63) is 0 Å². The molecule has 0 aromatic carbocycles. The van der Waals surface area contributed by atoms with E-state index in [1.165, 1.54) is 7.11 Å². The van der Waals surface area contributed by atoms with E-state index in [9.17, 15) is 18.0 Å². The SMILES string of the molecule is C.CCOC(=S)SC(CC(OC(C)=O)C(F)(F)F)OC(COC)OCC. The highest BCUT2D eigenvalue weighted by molar-refractivity contribution is 8.22. The molecule has 0 saturated carbocycles. The zero-order valence-corrected chi connectivity index (χ0v) is 16.1. The Hall–Kier alpha value is -0.620. The third-order valence-corrected chi connectivity index (χ3v) is 3.81. The first kappa shape index (κ1) is 27.6. The normalized spacial score (nSPS) is 14.7. The average molecular weight is 425 g/mol. The van der Waals surface area contributed by atoms with Gasteiger partial charge in [0.1, 0.15) is 5.44 Å². The first-order valence-corrected chi connectivity index (χ1v) is 8.76. The average Bonchev–Trinajstić information content (AvgIpc) is 2.45. The van der Waals surface area contributed by atoms with Gasteiger partial charge >= 0.3 is 12.1 Å². The first-order valence-electron chi connectivity index (χ1n) is 7.47. The molecule has 26 heavy (non-hydrogen) atoms. The van der Waals surface area contributed by atoms with E-state index in [4.69, 9.17) is 31.2 Å². The molecular formula is C15H27F3O6S2. The van der Waals surface area contributed by atoms with Gasteiger partial charge in [0.25, 0.3) is 0 Å². The predicted octanol–water partition coefficient (Wildman–Crippen LogP) is 3.91. The van der Waals surface area contributed by atoms with Gasteiger partial charge in [0, 0.05) is 27.1 Å². The molecule has 0 saturated heterocycles. The minimum absolute atomic E-state index is 0. The fourth-order valence-corrected chi connectivity index (χ4v) is 2.92. The first-order chi connectivity index (χ1) is 11.6. The third kappa shape index (κ3) is 12.7. The molecule has 0 amide bonds. The lowest BCUT2D eigenvalue weighted by atomic mass is 10.2. The Balaban J connectivity index is 0. The van der Waals surface area contributed by atoms with E-state index in [1.54, 1.807) is 13.8 Å². The number of hydrogen-bond acceptors (Lipinski definition) is 8. The Morgan fingerprint density at radius 2 is 1.85 bits per heavy atom. The van der Waals surface area contributed by atoms with Gasteiger partial charge in [-0.15, -0.1) is 0 Å². The van der Waals surface area contributed by atoms with Gasteiger partial charge in [-0.1, -0.05) is 7.43 Å². The molecule has 0 N–H and O–H groups in total. The second-order valence-electron chi connectivity index (χ2n) is 4.58. The molecule has 0 aliphatic heterocycles. The maximum Gasteiger partial charge on any atom is 0.425 e. The second kappa shape index (κ2) is 14.4. The number of thiocarbonyl (C=S) groups is 1. The summed E-state index contributed by atoms with van der Waals surface area (Å²) in [5.74, 6) is -1.04. The third-order valence-electron chi connectivity index (χ3n) is 2.53. The number of thioether (sulfide) groups is 1. The molecule has 6 nitrogen and oxygen atoms in total. The Labute approximate surface area is 162 Å². The van der Waals surface area contributed by atoms with E-state index in [-0.39, 0.29) is 31.6 Å². The van der Waals surface area contributed by atoms with Crippen LogP contribution in [0.1, 0.15) is 34.6 Å². The minimum Gasteiger partial charge on any atom is -0.479 e. The zero-order valence-electron chi connectivity index (χ0n) is 14.5. The van der Waals surface area contributed by atoms with Crippen molar-refractivity contribution in [2.24, 2.45) is 0 Å². The van der Waals surface area contributed by atoms with Gasteiger partial charge in [-0.25, -0.2) is 0 Å². The fourth-order valence-electron chi connectivity index (χ4n) is 1.63. The van der Waals surface area contributed by atoms with Crippen LogP contribution in [0.4, 0.5) is 13.2 Å². The molecule has 3 unspecified atom stereocenters. The van der Waals surface area contributed by atoms with Crippen molar-refractivity contribution in [1.82, 2.24) is 0 Å². The number of methoxy groups -OCH3 is 1. The number of alkyl halides is 3. The summed E-state index contributed by atoms with van der Waals surface area (Å²) >= 11 is 5.73. The molecule has 11 heteroatoms. The van der Waals surface area contributed by atoms with Crippen LogP contribution in [-0.4, -0.2) is 61.3 Å². The van der Waals surface area contributed by atoms with E-state index in [2.05, 4.69) is 4.74 Å². The van der Waals surface area contributed by atoms with Crippen LogP contribution in [0.5, 0.6) is 0 Å². The largest absolute Gasteiger partial charge is 0.479 e. The van der Waals surface area contributed by atoms with Crippen molar-refractivity contribution in [2.75, 3.05) is 26.9 Å². The number of halogens is 3. The van der Waals surface area contributed by atoms with Crippen LogP contribution in [0.15, 0.2) is 0 Å². The van der Waals surface area contributed by atoms with Crippen LogP contribution in [0.2, 0.25) is 0 Å². The van der Waals surface area contributed by atoms with Crippen molar-refractivity contribution < 1.29 is 41.7 Å². The summed E-state index contributed by atoms with van der Waals surface area (Å²) in [5, 5.41) is 0. The van der Waals surface area contributed by atoms with Gasteiger partial charge in [0.05, 0.1) is 13.2 Å². The predicted molar refractivity (Wildman–Crippen MR) is 96.9 cm³/mol. The van der Waals surface area contributed by atoms with Crippen LogP contribution in [0, 0.1) is 0 Å². The molecule has 0 rings (SSSR count). The Morgan fingerprint density at radius 1 is 1.23 bits per heavy atom. The highest BCUT2D eigenvalue weighted by atomic mass is 32.2. The van der Waals surface area contributed by atoms with Gasteiger partial charge in [-0.05, 0) is 37.8 Å². The zero-order chi connectivity index (χ0) is 19.5. The molecule has 156 valence electrons. The summed E-state index contributed by atoms with van der Waals surface area (Å²) in [6.45, 7) is 4.84. The summed E-state index contributed by atoms with van der Waals surface area (Å²) in [6, 6.07) is 0. The van der Waals surface area contributed by atoms with E-state index >= 15 is 0 Å². The van der Waals surface area contributed by atoms with Crippen molar-refractivity contribution in [1.29, 1.82) is 0 Å². The van der Waals surface area contributed by atoms with E-state index < -0.39 is 36.4 Å². The number of esters is 1. The van der Waals surface area contributed by atoms with Crippen LogP contribution in [0.3, 0.4) is 0 Å². The van der Waals surface area contributed by atoms with Gasteiger partial charge < -0.3 is 23.7 Å². The standard InChI is InChI=1S/C14H23F3O6S2.CH4/c1-5-20-11(8-19-4)23-12(25-13(24)21-6-2)7-10(14(15,16)17)22-9(3)18;/h10-12H,5-8H2,1-4H3;1H4. The number of ether oxygens (including phenoxy) is 5. The maximum absolute atomic E-state index is 13.1. The minimum atomic E-state index is -4.75. The summed E-state index contributed by atoms with van der Waals surface area (Å²) in [5.41, 5.74) is -1.11. The van der Waals surface area contributed by atoms with Crippen LogP contribution >= 0.6 is 24.0 Å². The lowest BCUT2D eigenvalue weighted by Crippen LogP contribution is -2.38. The maximum atomic E-state index is 13.1. The van der Waals surface area contributed by atoms with Gasteiger partial charge in [0.2, 0.25) is 10.5 Å². The Morgan fingerprint density at radius 3 is 2.27 bits per heavy atom. The molecule has 0 aliphatic rings. The molecule has 0 heterocycles. The monoisotopic (exact) mass is 424 g/mol. The van der Waals surface area contributed by atoms with E-state index in [0.29, 0.717) is 0 Å². The lowest BCUT2D eigenvalue weighted by Gasteiger charge is -2.27. The van der Waals surface area contributed by atoms with Crippen molar-refractivity contribution in [3.63, 3.8) is 0 Å². The number of rotatable bonds is 11. The van der Waals surface area contributed by atoms with Crippen LogP contribution < -0.4 is 0 Å². The Bertz CT molecular complexity index is 403. The highest BCUT2D eigenvalue weighted by Gasteiger charge is 2.44. The van der Waals surface area contributed by atoms with Gasteiger partial charge in [-0.3, -0.25) is 4.79 Å².